The average Bonchev–Trinajstić information content (AvgIpc) is 2.83. The fraction of sp³-hybridized carbons (Fsp3) is 0.367. The van der Waals surface area contributed by atoms with Gasteiger partial charge in [-0.1, -0.05) is 56.3 Å². The van der Waals surface area contributed by atoms with E-state index in [1.54, 1.807) is 12.1 Å². The number of rotatable bonds is 14. The lowest BCUT2D eigenvalue weighted by molar-refractivity contribution is 0.0697. The van der Waals surface area contributed by atoms with Crippen LogP contribution in [-0.4, -0.2) is 61.3 Å². The summed E-state index contributed by atoms with van der Waals surface area (Å²) >= 11 is 0. The second-order valence-electron chi connectivity index (χ2n) is 10.2. The zero-order chi connectivity index (χ0) is 26.0. The van der Waals surface area contributed by atoms with Gasteiger partial charge in [0.25, 0.3) is 0 Å². The molecule has 6 heteroatoms. The van der Waals surface area contributed by atoms with E-state index in [0.717, 1.165) is 43.2 Å². The highest BCUT2D eigenvalue weighted by molar-refractivity contribution is 5.87. The molecule has 0 atom stereocenters. The first-order valence-corrected chi connectivity index (χ1v) is 12.3. The summed E-state index contributed by atoms with van der Waals surface area (Å²) in [4.78, 5) is 15.7. The molecule has 0 spiro atoms. The lowest BCUT2D eigenvalue weighted by Gasteiger charge is -2.34. The van der Waals surface area contributed by atoms with E-state index in [2.05, 4.69) is 49.9 Å². The highest BCUT2D eigenvalue weighted by Crippen LogP contribution is 2.21. The molecule has 1 N–H and O–H groups in total. The number of nitrogens with zero attached hydrogens (tertiary/aromatic N) is 2. The molecule has 0 unspecified atom stereocenters. The van der Waals surface area contributed by atoms with Gasteiger partial charge < -0.3 is 24.4 Å². The number of hydrogen-bond acceptors (Lipinski definition) is 5. The van der Waals surface area contributed by atoms with Crippen molar-refractivity contribution in [3.63, 3.8) is 0 Å². The highest BCUT2D eigenvalue weighted by Gasteiger charge is 2.22. The van der Waals surface area contributed by atoms with Gasteiger partial charge in [0.2, 0.25) is 0 Å². The van der Waals surface area contributed by atoms with Crippen LogP contribution in [0.15, 0.2) is 78.9 Å². The number of carboxylic acid groups (broad SMARTS) is 1. The van der Waals surface area contributed by atoms with E-state index in [4.69, 9.17) is 14.6 Å². The summed E-state index contributed by atoms with van der Waals surface area (Å²) in [6, 6.07) is 25.1. The molecule has 0 fully saturated rings. The molecule has 0 aliphatic heterocycles. The quantitative estimate of drug-likeness (QED) is 0.304. The molecule has 3 aromatic rings. The Balaban J connectivity index is 1.39. The van der Waals surface area contributed by atoms with Crippen LogP contribution < -0.4 is 9.47 Å². The maximum atomic E-state index is 11.0. The summed E-state index contributed by atoms with van der Waals surface area (Å²) in [6.07, 6.45) is 0. The molecule has 0 saturated carbocycles. The zero-order valence-electron chi connectivity index (χ0n) is 21.8. The predicted octanol–water partition coefficient (Wildman–Crippen LogP) is 5.43. The predicted molar refractivity (Wildman–Crippen MR) is 144 cm³/mol. The van der Waals surface area contributed by atoms with Gasteiger partial charge >= 0.3 is 5.97 Å². The molecule has 6 nitrogen and oxygen atoms in total. The van der Waals surface area contributed by atoms with Crippen LogP contribution >= 0.6 is 0 Å². The van der Waals surface area contributed by atoms with Crippen LogP contribution in [0.1, 0.15) is 35.3 Å². The Morgan fingerprint density at radius 3 is 1.64 bits per heavy atom. The molecule has 0 heterocycles. The number of carboxylic acids is 1. The number of aromatic carboxylic acids is 1. The van der Waals surface area contributed by atoms with Crippen molar-refractivity contribution in [1.29, 1.82) is 0 Å². The first kappa shape index (κ1) is 27.2. The SMILES string of the molecule is CN(Cc1ccc(OCCOc2ccccc2)cc1)CC(C)(C)CN(C)Cc1ccc(C(=O)O)cc1. The first-order valence-electron chi connectivity index (χ1n) is 12.3. The minimum Gasteiger partial charge on any atom is -0.490 e. The Bertz CT molecular complexity index is 1070. The van der Waals surface area contributed by atoms with Crippen LogP contribution in [0.25, 0.3) is 0 Å². The summed E-state index contributed by atoms with van der Waals surface area (Å²) in [5.74, 6) is 0.800. The maximum absolute atomic E-state index is 11.0. The summed E-state index contributed by atoms with van der Waals surface area (Å²) < 4.78 is 11.5. The van der Waals surface area contributed by atoms with Crippen molar-refractivity contribution in [2.24, 2.45) is 5.41 Å². The van der Waals surface area contributed by atoms with Gasteiger partial charge in [0, 0.05) is 26.2 Å². The third-order valence-corrected chi connectivity index (χ3v) is 5.79. The lowest BCUT2D eigenvalue weighted by Crippen LogP contribution is -2.39. The van der Waals surface area contributed by atoms with Crippen LogP contribution in [0.3, 0.4) is 0 Å². The molecule has 0 bridgehead atoms. The third-order valence-electron chi connectivity index (χ3n) is 5.79. The van der Waals surface area contributed by atoms with E-state index < -0.39 is 5.97 Å². The van der Waals surface area contributed by atoms with Crippen LogP contribution in [-0.2, 0) is 13.1 Å². The number of para-hydroxylation sites is 1. The summed E-state index contributed by atoms with van der Waals surface area (Å²) in [5, 5.41) is 9.07. The third kappa shape index (κ3) is 9.36. The molecule has 0 amide bonds. The van der Waals surface area contributed by atoms with E-state index in [1.165, 1.54) is 5.56 Å². The smallest absolute Gasteiger partial charge is 0.335 e. The van der Waals surface area contributed by atoms with Gasteiger partial charge in [0.1, 0.15) is 24.7 Å². The summed E-state index contributed by atoms with van der Waals surface area (Å²) in [5.41, 5.74) is 2.76. The second kappa shape index (κ2) is 13.1. The number of benzene rings is 3. The van der Waals surface area contributed by atoms with Crippen molar-refractivity contribution in [3.8, 4) is 11.5 Å². The molecule has 192 valence electrons. The Labute approximate surface area is 215 Å². The van der Waals surface area contributed by atoms with Gasteiger partial charge in [-0.3, -0.25) is 0 Å². The topological polar surface area (TPSA) is 62.2 Å². The fourth-order valence-electron chi connectivity index (χ4n) is 4.53. The Morgan fingerprint density at radius 1 is 0.722 bits per heavy atom. The van der Waals surface area contributed by atoms with E-state index in [0.29, 0.717) is 18.8 Å². The average molecular weight is 491 g/mol. The first-order chi connectivity index (χ1) is 17.2. The summed E-state index contributed by atoms with van der Waals surface area (Å²) in [6.45, 7) is 9.08. The molecule has 3 aromatic carbocycles. The molecular weight excluding hydrogens is 452 g/mol. The molecule has 0 saturated heterocycles. The Morgan fingerprint density at radius 2 is 1.17 bits per heavy atom. The van der Waals surface area contributed by atoms with Crippen molar-refractivity contribution in [2.45, 2.75) is 26.9 Å². The Kier molecular flexibility index (Phi) is 9.91. The zero-order valence-corrected chi connectivity index (χ0v) is 21.8. The van der Waals surface area contributed by atoms with Gasteiger partial charge in [0.15, 0.2) is 0 Å². The van der Waals surface area contributed by atoms with Crippen molar-refractivity contribution in [3.05, 3.63) is 95.6 Å². The number of ether oxygens (including phenoxy) is 2. The van der Waals surface area contributed by atoms with Gasteiger partial charge in [-0.15, -0.1) is 0 Å². The largest absolute Gasteiger partial charge is 0.490 e. The van der Waals surface area contributed by atoms with E-state index in [-0.39, 0.29) is 5.41 Å². The van der Waals surface area contributed by atoms with Crippen molar-refractivity contribution < 1.29 is 19.4 Å². The highest BCUT2D eigenvalue weighted by atomic mass is 16.5. The van der Waals surface area contributed by atoms with Crippen molar-refractivity contribution >= 4 is 5.97 Å². The number of carbonyl (C=O) groups is 1. The van der Waals surface area contributed by atoms with Crippen LogP contribution in [0.2, 0.25) is 0 Å². The minimum atomic E-state index is -0.894. The molecular formula is C30H38N2O4. The van der Waals surface area contributed by atoms with Crippen LogP contribution in [0.5, 0.6) is 11.5 Å². The Hall–Kier alpha value is -3.35. The maximum Gasteiger partial charge on any atom is 0.335 e. The lowest BCUT2D eigenvalue weighted by atomic mass is 9.91. The molecule has 0 aromatic heterocycles. The number of hydrogen-bond donors (Lipinski definition) is 1. The fourth-order valence-corrected chi connectivity index (χ4v) is 4.53. The molecule has 0 aliphatic carbocycles. The summed E-state index contributed by atoms with van der Waals surface area (Å²) in [7, 11) is 4.26. The van der Waals surface area contributed by atoms with E-state index in [9.17, 15) is 4.79 Å². The van der Waals surface area contributed by atoms with Crippen LogP contribution in [0.4, 0.5) is 0 Å². The van der Waals surface area contributed by atoms with E-state index >= 15 is 0 Å². The van der Waals surface area contributed by atoms with Crippen molar-refractivity contribution in [2.75, 3.05) is 40.4 Å². The normalized spacial score (nSPS) is 11.6. The molecule has 0 radical (unpaired) electrons. The van der Waals surface area contributed by atoms with Crippen molar-refractivity contribution in [1.82, 2.24) is 9.80 Å². The molecule has 36 heavy (non-hydrogen) atoms. The molecule has 3 rings (SSSR count). The standard InChI is InChI=1S/C30H38N2O4/c1-30(2,22-31(3)20-24-10-14-26(15-11-24)29(33)34)23-32(4)21-25-12-16-28(17-13-25)36-19-18-35-27-8-6-5-7-9-27/h5-17H,18-23H2,1-4H3,(H,33,34). The van der Waals surface area contributed by atoms with Gasteiger partial charge in [-0.05, 0) is 67.0 Å². The van der Waals surface area contributed by atoms with Gasteiger partial charge in [0.05, 0.1) is 5.56 Å². The molecule has 0 aliphatic rings. The monoisotopic (exact) mass is 490 g/mol. The van der Waals surface area contributed by atoms with Crippen LogP contribution in [0, 0.1) is 5.41 Å². The second-order valence-corrected chi connectivity index (χ2v) is 10.2. The van der Waals surface area contributed by atoms with Gasteiger partial charge in [-0.25, -0.2) is 4.79 Å². The minimum absolute atomic E-state index is 0.0896. The van der Waals surface area contributed by atoms with E-state index in [1.807, 2.05) is 54.6 Å². The van der Waals surface area contributed by atoms with Gasteiger partial charge in [-0.2, -0.15) is 0 Å².